The molecular formula is C13H18N2O3. The minimum absolute atomic E-state index is 0.374. The van der Waals surface area contributed by atoms with Crippen molar-refractivity contribution in [2.24, 2.45) is 0 Å². The smallest absolute Gasteiger partial charge is 0.435 e. The molecule has 1 N–H and O–H groups in total. The highest BCUT2D eigenvalue weighted by Crippen LogP contribution is 2.08. The Morgan fingerprint density at radius 2 is 2.28 bits per heavy atom. The summed E-state index contributed by atoms with van der Waals surface area (Å²) in [6, 6.07) is 1.62. The molecule has 1 rings (SSSR count). The molecule has 0 bridgehead atoms. The molecule has 0 saturated heterocycles. The van der Waals surface area contributed by atoms with Crippen molar-refractivity contribution >= 4 is 6.09 Å². The molecule has 1 unspecified atom stereocenters. The van der Waals surface area contributed by atoms with E-state index in [4.69, 9.17) is 9.84 Å². The number of hydrogen-bond acceptors (Lipinski definition) is 4. The first-order chi connectivity index (χ1) is 8.28. The number of rotatable bonds is 1. The first kappa shape index (κ1) is 14.3. The molecular weight excluding hydrogens is 232 g/mol. The van der Waals surface area contributed by atoms with Gasteiger partial charge in [0.25, 0.3) is 0 Å². The van der Waals surface area contributed by atoms with Crippen molar-refractivity contribution in [2.45, 2.75) is 45.8 Å². The number of carbonyl (C=O) groups is 1. The Labute approximate surface area is 107 Å². The SMILES string of the molecule is CC(O)CC#Cc1ccn(C(=O)OC(C)(C)C)n1. The Hall–Kier alpha value is -1.80. The fourth-order valence-electron chi connectivity index (χ4n) is 1.09. The fraction of sp³-hybridized carbons (Fsp3) is 0.538. The molecule has 0 saturated carbocycles. The number of aliphatic hydroxyl groups excluding tert-OH is 1. The zero-order valence-electron chi connectivity index (χ0n) is 11.1. The Morgan fingerprint density at radius 3 is 2.83 bits per heavy atom. The molecule has 0 aliphatic rings. The van der Waals surface area contributed by atoms with E-state index in [1.54, 1.807) is 33.8 Å². The standard InChI is InChI=1S/C13H18N2O3/c1-10(16)6-5-7-11-8-9-15(14-11)12(17)18-13(2,3)4/h8-10,16H,6H2,1-4H3. The number of hydrogen-bond donors (Lipinski definition) is 1. The number of carbonyl (C=O) groups excluding carboxylic acids is 1. The predicted molar refractivity (Wildman–Crippen MR) is 67.0 cm³/mol. The maximum Gasteiger partial charge on any atom is 0.435 e. The Bertz CT molecular complexity index is 472. The van der Waals surface area contributed by atoms with Gasteiger partial charge in [0, 0.05) is 12.6 Å². The van der Waals surface area contributed by atoms with Crippen LogP contribution in [-0.4, -0.2) is 32.7 Å². The van der Waals surface area contributed by atoms with Crippen LogP contribution in [0, 0.1) is 11.8 Å². The predicted octanol–water partition coefficient (Wildman–Crippen LogP) is 1.79. The van der Waals surface area contributed by atoms with E-state index in [0.29, 0.717) is 12.1 Å². The molecule has 18 heavy (non-hydrogen) atoms. The van der Waals surface area contributed by atoms with Gasteiger partial charge < -0.3 is 9.84 Å². The van der Waals surface area contributed by atoms with Crippen LogP contribution >= 0.6 is 0 Å². The highest BCUT2D eigenvalue weighted by Gasteiger charge is 2.18. The van der Waals surface area contributed by atoms with Crippen LogP contribution in [0.2, 0.25) is 0 Å². The molecule has 1 atom stereocenters. The van der Waals surface area contributed by atoms with E-state index in [1.165, 1.54) is 6.20 Å². The van der Waals surface area contributed by atoms with Crippen LogP contribution in [0.5, 0.6) is 0 Å². The fourth-order valence-corrected chi connectivity index (χ4v) is 1.09. The molecule has 0 aliphatic heterocycles. The summed E-state index contributed by atoms with van der Waals surface area (Å²) in [7, 11) is 0. The molecule has 0 radical (unpaired) electrons. The molecule has 0 spiro atoms. The Morgan fingerprint density at radius 1 is 1.61 bits per heavy atom. The zero-order valence-corrected chi connectivity index (χ0v) is 11.1. The lowest BCUT2D eigenvalue weighted by atomic mass is 10.2. The minimum atomic E-state index is -0.554. The number of aliphatic hydroxyl groups is 1. The molecule has 1 aromatic heterocycles. The lowest BCUT2D eigenvalue weighted by Gasteiger charge is -2.18. The summed E-state index contributed by atoms with van der Waals surface area (Å²) in [6.45, 7) is 7.03. The molecule has 0 amide bonds. The highest BCUT2D eigenvalue weighted by molar-refractivity contribution is 5.69. The van der Waals surface area contributed by atoms with Gasteiger partial charge in [-0.05, 0) is 39.7 Å². The van der Waals surface area contributed by atoms with Crippen LogP contribution in [0.15, 0.2) is 12.3 Å². The lowest BCUT2D eigenvalue weighted by Crippen LogP contribution is -2.27. The van der Waals surface area contributed by atoms with Crippen molar-refractivity contribution in [3.63, 3.8) is 0 Å². The maximum absolute atomic E-state index is 11.6. The Kier molecular flexibility index (Phi) is 4.51. The van der Waals surface area contributed by atoms with Crippen molar-refractivity contribution in [3.8, 4) is 11.8 Å². The van der Waals surface area contributed by atoms with Gasteiger partial charge in [-0.15, -0.1) is 0 Å². The molecule has 1 heterocycles. The third kappa shape index (κ3) is 5.02. The van der Waals surface area contributed by atoms with Crippen LogP contribution in [0.1, 0.15) is 39.8 Å². The van der Waals surface area contributed by atoms with Crippen molar-refractivity contribution in [1.82, 2.24) is 9.78 Å². The number of aromatic nitrogens is 2. The monoisotopic (exact) mass is 250 g/mol. The van der Waals surface area contributed by atoms with E-state index in [9.17, 15) is 4.79 Å². The van der Waals surface area contributed by atoms with Gasteiger partial charge >= 0.3 is 6.09 Å². The first-order valence-corrected chi connectivity index (χ1v) is 5.74. The average Bonchev–Trinajstić information content (AvgIpc) is 2.63. The van der Waals surface area contributed by atoms with Crippen LogP contribution in [0.3, 0.4) is 0 Å². The first-order valence-electron chi connectivity index (χ1n) is 5.74. The largest absolute Gasteiger partial charge is 0.442 e. The summed E-state index contributed by atoms with van der Waals surface area (Å²) >= 11 is 0. The molecule has 0 aliphatic carbocycles. The van der Waals surface area contributed by atoms with Gasteiger partial charge in [0.1, 0.15) is 11.3 Å². The quantitative estimate of drug-likeness (QED) is 0.772. The molecule has 1 aromatic rings. The van der Waals surface area contributed by atoms with E-state index >= 15 is 0 Å². The zero-order chi connectivity index (χ0) is 13.8. The summed E-state index contributed by atoms with van der Waals surface area (Å²) in [4.78, 5) is 11.6. The maximum atomic E-state index is 11.6. The average molecular weight is 250 g/mol. The second-order valence-corrected chi connectivity index (χ2v) is 4.98. The van der Waals surface area contributed by atoms with Gasteiger partial charge in [-0.2, -0.15) is 9.78 Å². The van der Waals surface area contributed by atoms with E-state index in [0.717, 1.165) is 4.68 Å². The van der Waals surface area contributed by atoms with E-state index < -0.39 is 17.8 Å². The summed E-state index contributed by atoms with van der Waals surface area (Å²) < 4.78 is 6.26. The van der Waals surface area contributed by atoms with Crippen molar-refractivity contribution < 1.29 is 14.6 Å². The summed E-state index contributed by atoms with van der Waals surface area (Å²) in [6.07, 6.45) is 0.872. The molecule has 5 nitrogen and oxygen atoms in total. The molecule has 98 valence electrons. The van der Waals surface area contributed by atoms with E-state index in [2.05, 4.69) is 16.9 Å². The highest BCUT2D eigenvalue weighted by atomic mass is 16.6. The Balaban J connectivity index is 2.68. The van der Waals surface area contributed by atoms with Crippen molar-refractivity contribution in [1.29, 1.82) is 0 Å². The molecule has 0 aromatic carbocycles. The summed E-state index contributed by atoms with van der Waals surface area (Å²) in [5.74, 6) is 5.54. The second kappa shape index (κ2) is 5.69. The van der Waals surface area contributed by atoms with Crippen LogP contribution in [0.25, 0.3) is 0 Å². The topological polar surface area (TPSA) is 64.4 Å². The van der Waals surface area contributed by atoms with Crippen LogP contribution in [0.4, 0.5) is 4.79 Å². The number of nitrogens with zero attached hydrogens (tertiary/aromatic N) is 2. The lowest BCUT2D eigenvalue weighted by molar-refractivity contribution is 0.0514. The van der Waals surface area contributed by atoms with Gasteiger partial charge in [0.2, 0.25) is 0 Å². The van der Waals surface area contributed by atoms with Crippen molar-refractivity contribution in [3.05, 3.63) is 18.0 Å². The minimum Gasteiger partial charge on any atom is -0.442 e. The van der Waals surface area contributed by atoms with Gasteiger partial charge in [0.05, 0.1) is 6.10 Å². The summed E-state index contributed by atoms with van der Waals surface area (Å²) in [5, 5.41) is 13.0. The van der Waals surface area contributed by atoms with Gasteiger partial charge in [0.15, 0.2) is 0 Å². The van der Waals surface area contributed by atoms with Gasteiger partial charge in [-0.3, -0.25) is 0 Å². The third-order valence-corrected chi connectivity index (χ3v) is 1.78. The van der Waals surface area contributed by atoms with E-state index in [-0.39, 0.29) is 0 Å². The van der Waals surface area contributed by atoms with Gasteiger partial charge in [-0.1, -0.05) is 5.92 Å². The van der Waals surface area contributed by atoms with Gasteiger partial charge in [-0.25, -0.2) is 4.79 Å². The van der Waals surface area contributed by atoms with Crippen molar-refractivity contribution in [2.75, 3.05) is 0 Å². The molecule has 0 fully saturated rings. The van der Waals surface area contributed by atoms with Crippen LogP contribution < -0.4 is 0 Å². The van der Waals surface area contributed by atoms with E-state index in [1.807, 2.05) is 0 Å². The second-order valence-electron chi connectivity index (χ2n) is 4.98. The molecule has 5 heteroatoms. The third-order valence-electron chi connectivity index (χ3n) is 1.78. The summed E-state index contributed by atoms with van der Waals surface area (Å²) in [5.41, 5.74) is -0.0807. The van der Waals surface area contributed by atoms with Crippen LogP contribution in [-0.2, 0) is 4.74 Å². The number of ether oxygens (including phenoxy) is 1. The normalized spacial score (nSPS) is 12.5.